The molecule has 0 aliphatic heterocycles. The molecule has 1 atom stereocenters. The third kappa shape index (κ3) is 13.3. The zero-order chi connectivity index (χ0) is 20.3. The summed E-state index contributed by atoms with van der Waals surface area (Å²) < 4.78 is 4.99. The molecule has 0 heterocycles. The number of ether oxygens (including phenoxy) is 1. The van der Waals surface area contributed by atoms with Crippen molar-refractivity contribution < 1.29 is 14.6 Å². The van der Waals surface area contributed by atoms with Crippen molar-refractivity contribution >= 4 is 17.9 Å². The van der Waals surface area contributed by atoms with Crippen molar-refractivity contribution in [1.82, 2.24) is 5.32 Å². The third-order valence-corrected chi connectivity index (χ3v) is 3.90. The maximum Gasteiger partial charge on any atom is 0.407 e. The number of rotatable bonds is 6. The maximum absolute atomic E-state index is 11.2. The van der Waals surface area contributed by atoms with Crippen LogP contribution in [0.4, 0.5) is 4.79 Å². The van der Waals surface area contributed by atoms with Gasteiger partial charge in [0.2, 0.25) is 0 Å². The molecule has 27 heavy (non-hydrogen) atoms. The van der Waals surface area contributed by atoms with Crippen molar-refractivity contribution in [2.45, 2.75) is 13.5 Å². The molecule has 2 rings (SSSR count). The molecule has 0 fully saturated rings. The summed E-state index contributed by atoms with van der Waals surface area (Å²) in [6.07, 6.45) is 19.5. The zero-order valence-corrected chi connectivity index (χ0v) is 16.6. The second kappa shape index (κ2) is 16.8. The Morgan fingerprint density at radius 2 is 2.00 bits per heavy atom. The molecule has 0 bridgehead atoms. The number of thioether (sulfide) groups is 1. The van der Waals surface area contributed by atoms with Gasteiger partial charge in [0, 0.05) is 18.1 Å². The van der Waals surface area contributed by atoms with E-state index < -0.39 is 6.09 Å². The molecular weight excluding hydrogens is 358 g/mol. The van der Waals surface area contributed by atoms with Crippen LogP contribution in [0.15, 0.2) is 71.3 Å². The largest absolute Gasteiger partial charge is 0.445 e. The molecule has 5 heteroatoms. The highest BCUT2D eigenvalue weighted by Crippen LogP contribution is 2.13. The summed E-state index contributed by atoms with van der Waals surface area (Å²) >= 11 is 1.74. The summed E-state index contributed by atoms with van der Waals surface area (Å²) in [6, 6.07) is 9.48. The van der Waals surface area contributed by atoms with Gasteiger partial charge in [-0.25, -0.2) is 4.79 Å². The first kappa shape index (κ1) is 24.4. The van der Waals surface area contributed by atoms with E-state index in [1.54, 1.807) is 11.8 Å². The second-order valence-electron chi connectivity index (χ2n) is 5.36. The standard InChI is InChI=1S/C12H17NO3.C8H8S.C2H2/c1-10(8-14)7-13-12(15)16-9-11-5-3-2-4-6-11;1-9-8-6-4-2-3-5-7-8;1-2/h2-6,10,14H,7-9H2,1H3,(H,13,15);2,4-7H,1H3;1-2H. The van der Waals surface area contributed by atoms with Gasteiger partial charge < -0.3 is 15.2 Å². The molecule has 0 saturated carbocycles. The number of terminal acetylenes is 1. The summed E-state index contributed by atoms with van der Waals surface area (Å²) in [4.78, 5) is 12.5. The zero-order valence-electron chi connectivity index (χ0n) is 15.8. The summed E-state index contributed by atoms with van der Waals surface area (Å²) in [5, 5.41) is 11.3. The predicted octanol–water partition coefficient (Wildman–Crippen LogP) is 4.31. The lowest BCUT2D eigenvalue weighted by molar-refractivity contribution is 0.136. The van der Waals surface area contributed by atoms with Gasteiger partial charge in [-0.1, -0.05) is 43.3 Å². The van der Waals surface area contributed by atoms with Gasteiger partial charge in [-0.15, -0.1) is 30.3 Å². The monoisotopic (exact) mass is 385 g/mol. The smallest absolute Gasteiger partial charge is 0.407 e. The fraction of sp³-hybridized carbons (Fsp3) is 0.273. The van der Waals surface area contributed by atoms with E-state index in [1.165, 1.54) is 4.91 Å². The van der Waals surface area contributed by atoms with E-state index in [0.717, 1.165) is 5.56 Å². The Bertz CT molecular complexity index is 671. The summed E-state index contributed by atoms with van der Waals surface area (Å²) in [6.45, 7) is 2.58. The quantitative estimate of drug-likeness (QED) is 0.566. The molecule has 1 amide bonds. The molecule has 144 valence electrons. The van der Waals surface area contributed by atoms with Crippen LogP contribution in [-0.4, -0.2) is 30.6 Å². The fourth-order valence-corrected chi connectivity index (χ4v) is 2.09. The topological polar surface area (TPSA) is 58.6 Å². The Hall–Kier alpha value is -2.64. The second-order valence-corrected chi connectivity index (χ2v) is 6.24. The SMILES string of the molecule is C#C.CC(CO)CNC(=O)OCc1ccccc1.CSC1=CC=C=CC=C1. The summed E-state index contributed by atoms with van der Waals surface area (Å²) in [7, 11) is 0. The lowest BCUT2D eigenvalue weighted by Gasteiger charge is -2.10. The fourth-order valence-electron chi connectivity index (χ4n) is 1.67. The van der Waals surface area contributed by atoms with Crippen LogP contribution in [0.1, 0.15) is 12.5 Å². The molecular formula is C22H27NO3S. The van der Waals surface area contributed by atoms with Gasteiger partial charge in [0.15, 0.2) is 0 Å². The normalized spacial score (nSPS) is 12.3. The Labute approximate surface area is 166 Å². The number of nitrogens with one attached hydrogen (secondary N) is 1. The van der Waals surface area contributed by atoms with E-state index in [-0.39, 0.29) is 19.1 Å². The van der Waals surface area contributed by atoms with Crippen molar-refractivity contribution in [3.05, 3.63) is 76.9 Å². The minimum absolute atomic E-state index is 0.0456. The molecule has 0 radical (unpaired) electrons. The van der Waals surface area contributed by atoms with E-state index in [1.807, 2.05) is 61.6 Å². The van der Waals surface area contributed by atoms with Crippen LogP contribution < -0.4 is 5.32 Å². The summed E-state index contributed by atoms with van der Waals surface area (Å²) in [5.74, 6) is 0.0456. The Morgan fingerprint density at radius 3 is 2.63 bits per heavy atom. The minimum atomic E-state index is -0.454. The molecule has 2 N–H and O–H groups in total. The number of hydrogen-bond acceptors (Lipinski definition) is 4. The average Bonchev–Trinajstić information content (AvgIpc) is 3.02. The number of allylic oxidation sites excluding steroid dienone is 4. The number of amides is 1. The van der Waals surface area contributed by atoms with E-state index >= 15 is 0 Å². The van der Waals surface area contributed by atoms with Gasteiger partial charge in [-0.05, 0) is 42.0 Å². The number of carbonyl (C=O) groups is 1. The molecule has 1 aliphatic rings. The summed E-state index contributed by atoms with van der Waals surface area (Å²) in [5.41, 5.74) is 3.94. The Balaban J connectivity index is 0.000000519. The van der Waals surface area contributed by atoms with Gasteiger partial charge in [-0.3, -0.25) is 0 Å². The Kier molecular flexibility index (Phi) is 15.2. The van der Waals surface area contributed by atoms with Gasteiger partial charge in [-0.2, -0.15) is 0 Å². The number of carbonyl (C=O) groups excluding carboxylic acids is 1. The number of alkyl carbamates (subject to hydrolysis) is 1. The molecule has 1 aromatic rings. The minimum Gasteiger partial charge on any atom is -0.445 e. The molecule has 1 aliphatic carbocycles. The molecule has 0 spiro atoms. The molecule has 0 aromatic heterocycles. The third-order valence-electron chi connectivity index (χ3n) is 3.15. The number of hydrogen-bond donors (Lipinski definition) is 2. The maximum atomic E-state index is 11.2. The van der Waals surface area contributed by atoms with Crippen molar-refractivity contribution in [2.24, 2.45) is 5.92 Å². The van der Waals surface area contributed by atoms with Crippen molar-refractivity contribution in [1.29, 1.82) is 0 Å². The van der Waals surface area contributed by atoms with Gasteiger partial charge in [0.25, 0.3) is 0 Å². The first-order valence-corrected chi connectivity index (χ1v) is 9.60. The van der Waals surface area contributed by atoms with Crippen molar-refractivity contribution in [3.8, 4) is 12.8 Å². The highest BCUT2D eigenvalue weighted by Gasteiger charge is 2.05. The molecule has 1 unspecified atom stereocenters. The van der Waals surface area contributed by atoms with Crippen LogP contribution in [0.5, 0.6) is 0 Å². The first-order valence-electron chi connectivity index (χ1n) is 8.38. The Morgan fingerprint density at radius 1 is 1.30 bits per heavy atom. The number of aliphatic hydroxyl groups excluding tert-OH is 1. The molecule has 0 saturated heterocycles. The van der Waals surface area contributed by atoms with E-state index in [9.17, 15) is 4.79 Å². The van der Waals surface area contributed by atoms with Gasteiger partial charge in [0.05, 0.1) is 0 Å². The lowest BCUT2D eigenvalue weighted by atomic mass is 10.2. The van der Waals surface area contributed by atoms with Crippen LogP contribution in [0, 0.1) is 18.8 Å². The molecule has 1 aromatic carbocycles. The highest BCUT2D eigenvalue weighted by molar-refractivity contribution is 8.02. The van der Waals surface area contributed by atoms with Crippen LogP contribution in [-0.2, 0) is 11.3 Å². The number of benzene rings is 1. The van der Waals surface area contributed by atoms with Crippen LogP contribution in [0.3, 0.4) is 0 Å². The number of aliphatic hydroxyl groups is 1. The lowest BCUT2D eigenvalue weighted by Crippen LogP contribution is -2.29. The molecule has 4 nitrogen and oxygen atoms in total. The van der Waals surface area contributed by atoms with Crippen LogP contribution >= 0.6 is 11.8 Å². The highest BCUT2D eigenvalue weighted by atomic mass is 32.2. The van der Waals surface area contributed by atoms with Gasteiger partial charge in [0.1, 0.15) is 6.61 Å². The first-order chi connectivity index (χ1) is 13.2. The van der Waals surface area contributed by atoms with Crippen molar-refractivity contribution in [3.63, 3.8) is 0 Å². The van der Waals surface area contributed by atoms with E-state index in [2.05, 4.69) is 36.2 Å². The van der Waals surface area contributed by atoms with Gasteiger partial charge >= 0.3 is 6.09 Å². The van der Waals surface area contributed by atoms with E-state index in [4.69, 9.17) is 9.84 Å². The average molecular weight is 386 g/mol. The van der Waals surface area contributed by atoms with Crippen LogP contribution in [0.25, 0.3) is 0 Å². The van der Waals surface area contributed by atoms with Crippen LogP contribution in [0.2, 0.25) is 0 Å². The van der Waals surface area contributed by atoms with Crippen molar-refractivity contribution in [2.75, 3.05) is 19.4 Å². The van der Waals surface area contributed by atoms with E-state index in [0.29, 0.717) is 6.54 Å². The predicted molar refractivity (Wildman–Crippen MR) is 114 cm³/mol.